The van der Waals surface area contributed by atoms with Gasteiger partial charge in [-0.25, -0.2) is 14.9 Å². The van der Waals surface area contributed by atoms with Gasteiger partial charge in [0.2, 0.25) is 0 Å². The van der Waals surface area contributed by atoms with Crippen molar-refractivity contribution in [1.29, 1.82) is 0 Å². The lowest BCUT2D eigenvalue weighted by Crippen LogP contribution is -2.17. The third-order valence-electron chi connectivity index (χ3n) is 6.48. The van der Waals surface area contributed by atoms with Gasteiger partial charge in [-0.3, -0.25) is 0 Å². The molecule has 4 aromatic rings. The molecule has 1 N–H and O–H groups in total. The lowest BCUT2D eigenvalue weighted by Gasteiger charge is -2.14. The highest BCUT2D eigenvalue weighted by Crippen LogP contribution is 2.30. The lowest BCUT2D eigenvalue weighted by molar-refractivity contribution is 0.0474. The molecule has 2 aromatic heterocycles. The molecule has 1 aliphatic heterocycles. The quantitative estimate of drug-likeness (QED) is 0.257. The number of carbonyl (C=O) groups excluding carboxylic acids is 1. The smallest absolute Gasteiger partial charge is 0.357 e. The number of rotatable bonds is 10. The van der Waals surface area contributed by atoms with Crippen molar-refractivity contribution >= 4 is 11.5 Å². The number of aryl methyl sites for hydroxylation is 1. The second kappa shape index (κ2) is 11.4. The number of ether oxygens (including phenoxy) is 3. The highest BCUT2D eigenvalue weighted by Gasteiger charge is 2.27. The van der Waals surface area contributed by atoms with E-state index in [1.54, 1.807) is 6.92 Å². The van der Waals surface area contributed by atoms with E-state index in [0.717, 1.165) is 34.5 Å². The summed E-state index contributed by atoms with van der Waals surface area (Å²) in [6, 6.07) is 16.1. The molecule has 5 rings (SSSR count). The number of carbonyl (C=O) groups is 1. The van der Waals surface area contributed by atoms with Gasteiger partial charge in [0, 0.05) is 18.5 Å². The standard InChI is InChI=1S/C30H30N6O4/c1-6-9-26-31-27(18(2)3)28(30(37)38-17-25-19(4)39-20(5)40-25)36(26)16-21-12-14-22(15-13-21)23-10-7-8-11-24(23)29-32-34-35-33-29/h7-8,10-15H,2,5-6,9,16-17H2,1,3-4H3,(H,32,33,34,35). The van der Waals surface area contributed by atoms with Gasteiger partial charge in [-0.1, -0.05) is 62.0 Å². The van der Waals surface area contributed by atoms with E-state index < -0.39 is 5.97 Å². The fourth-order valence-corrected chi connectivity index (χ4v) is 4.56. The molecule has 204 valence electrons. The predicted molar refractivity (Wildman–Crippen MR) is 149 cm³/mol. The van der Waals surface area contributed by atoms with Gasteiger partial charge in [-0.05, 0) is 59.5 Å². The maximum absolute atomic E-state index is 13.4. The van der Waals surface area contributed by atoms with Crippen molar-refractivity contribution in [2.45, 2.75) is 40.2 Å². The van der Waals surface area contributed by atoms with Crippen LogP contribution in [0.25, 0.3) is 28.1 Å². The summed E-state index contributed by atoms with van der Waals surface area (Å²) in [5.74, 6) is 1.96. The second-order valence-corrected chi connectivity index (χ2v) is 9.47. The Morgan fingerprint density at radius 2 is 1.85 bits per heavy atom. The van der Waals surface area contributed by atoms with Gasteiger partial charge < -0.3 is 18.8 Å². The van der Waals surface area contributed by atoms with E-state index in [9.17, 15) is 4.79 Å². The Kier molecular flexibility index (Phi) is 7.59. The molecule has 0 unspecified atom stereocenters. The molecule has 3 heterocycles. The third kappa shape index (κ3) is 5.42. The summed E-state index contributed by atoms with van der Waals surface area (Å²) in [7, 11) is 0. The minimum Gasteiger partial charge on any atom is -0.453 e. The summed E-state index contributed by atoms with van der Waals surface area (Å²) in [5.41, 5.74) is 5.49. The van der Waals surface area contributed by atoms with Crippen molar-refractivity contribution in [2.75, 3.05) is 6.61 Å². The summed E-state index contributed by atoms with van der Waals surface area (Å²) in [5, 5.41) is 14.3. The van der Waals surface area contributed by atoms with Gasteiger partial charge in [-0.2, -0.15) is 0 Å². The number of nitrogens with one attached hydrogen (secondary N) is 1. The largest absolute Gasteiger partial charge is 0.453 e. The molecule has 1 aliphatic rings. The number of tetrazole rings is 1. The number of nitrogens with zero attached hydrogens (tertiary/aromatic N) is 5. The van der Waals surface area contributed by atoms with Gasteiger partial charge >= 0.3 is 5.97 Å². The SMILES string of the molecule is C=C1OC(C)=C(COC(=O)c2c(C(=C)C)nc(CCC)n2Cc2ccc(-c3ccccc3-c3nnn[nH]3)cc2)O1. The van der Waals surface area contributed by atoms with Crippen LogP contribution in [0.3, 0.4) is 0 Å². The van der Waals surface area contributed by atoms with E-state index in [2.05, 4.69) is 40.7 Å². The molecule has 0 spiro atoms. The van der Waals surface area contributed by atoms with Crippen LogP contribution in [0.15, 0.2) is 79.2 Å². The summed E-state index contributed by atoms with van der Waals surface area (Å²) >= 11 is 0. The molecule has 0 aliphatic carbocycles. The van der Waals surface area contributed by atoms with Crippen LogP contribution >= 0.6 is 0 Å². The van der Waals surface area contributed by atoms with Crippen molar-refractivity contribution in [3.05, 3.63) is 102 Å². The molecular weight excluding hydrogens is 508 g/mol. The van der Waals surface area contributed by atoms with Gasteiger partial charge in [-0.15, -0.1) is 5.10 Å². The second-order valence-electron chi connectivity index (χ2n) is 9.47. The molecule has 0 amide bonds. The van der Waals surface area contributed by atoms with Crippen LogP contribution in [0.5, 0.6) is 0 Å². The molecule has 0 atom stereocenters. The number of benzene rings is 2. The van der Waals surface area contributed by atoms with E-state index in [-0.39, 0.29) is 12.6 Å². The van der Waals surface area contributed by atoms with Crippen LogP contribution in [0, 0.1) is 0 Å². The molecule has 10 heteroatoms. The van der Waals surface area contributed by atoms with Crippen molar-refractivity contribution in [3.63, 3.8) is 0 Å². The highest BCUT2D eigenvalue weighted by atomic mass is 16.7. The summed E-state index contributed by atoms with van der Waals surface area (Å²) in [6.45, 7) is 13.7. The predicted octanol–water partition coefficient (Wildman–Crippen LogP) is 5.67. The number of aromatic amines is 1. The van der Waals surface area contributed by atoms with Gasteiger partial charge in [0.15, 0.2) is 23.9 Å². The zero-order valence-electron chi connectivity index (χ0n) is 22.7. The Hall–Kier alpha value is -4.99. The van der Waals surface area contributed by atoms with E-state index >= 15 is 0 Å². The van der Waals surface area contributed by atoms with E-state index in [0.29, 0.717) is 47.3 Å². The summed E-state index contributed by atoms with van der Waals surface area (Å²) in [4.78, 5) is 18.2. The summed E-state index contributed by atoms with van der Waals surface area (Å²) in [6.07, 6.45) is 1.57. The molecule has 0 saturated carbocycles. The first-order valence-electron chi connectivity index (χ1n) is 12.9. The van der Waals surface area contributed by atoms with Crippen LogP contribution in [0.2, 0.25) is 0 Å². The van der Waals surface area contributed by atoms with Crippen molar-refractivity contribution in [2.24, 2.45) is 0 Å². The first-order chi connectivity index (χ1) is 19.4. The van der Waals surface area contributed by atoms with E-state index in [1.807, 2.05) is 60.0 Å². The van der Waals surface area contributed by atoms with Crippen LogP contribution in [-0.4, -0.2) is 42.8 Å². The molecule has 10 nitrogen and oxygen atoms in total. The molecule has 40 heavy (non-hydrogen) atoms. The minimum absolute atomic E-state index is 0.0809. The Labute approximate surface area is 232 Å². The number of esters is 1. The highest BCUT2D eigenvalue weighted by molar-refractivity contribution is 5.93. The molecule has 2 aromatic carbocycles. The monoisotopic (exact) mass is 538 g/mol. The molecule has 0 bridgehead atoms. The number of aromatic nitrogens is 6. The van der Waals surface area contributed by atoms with E-state index in [1.165, 1.54) is 0 Å². The Balaban J connectivity index is 1.44. The van der Waals surface area contributed by atoms with Crippen LogP contribution in [0.1, 0.15) is 54.8 Å². The first kappa shape index (κ1) is 26.6. The topological polar surface area (TPSA) is 117 Å². The fraction of sp³-hybridized carbons (Fsp3) is 0.233. The lowest BCUT2D eigenvalue weighted by atomic mass is 9.98. The minimum atomic E-state index is -0.513. The average Bonchev–Trinajstić information content (AvgIpc) is 3.68. The van der Waals surface area contributed by atoms with Crippen LogP contribution in [-0.2, 0) is 27.2 Å². The maximum atomic E-state index is 13.4. The number of hydrogen-bond donors (Lipinski definition) is 1. The molecular formula is C30H30N6O4. The van der Waals surface area contributed by atoms with Crippen molar-refractivity contribution in [1.82, 2.24) is 30.2 Å². The first-order valence-corrected chi connectivity index (χ1v) is 12.9. The van der Waals surface area contributed by atoms with Crippen LogP contribution < -0.4 is 0 Å². The zero-order chi connectivity index (χ0) is 28.2. The average molecular weight is 539 g/mol. The number of hydrogen-bond acceptors (Lipinski definition) is 8. The van der Waals surface area contributed by atoms with Crippen LogP contribution in [0.4, 0.5) is 0 Å². The van der Waals surface area contributed by atoms with Crippen molar-refractivity contribution < 1.29 is 19.0 Å². The zero-order valence-corrected chi connectivity index (χ0v) is 22.7. The number of imidazole rings is 1. The molecule has 0 saturated heterocycles. The maximum Gasteiger partial charge on any atom is 0.357 e. The Morgan fingerprint density at radius 3 is 2.48 bits per heavy atom. The van der Waals surface area contributed by atoms with Gasteiger partial charge in [0.1, 0.15) is 11.6 Å². The van der Waals surface area contributed by atoms with Crippen molar-refractivity contribution in [3.8, 4) is 22.5 Å². The normalized spacial score (nSPS) is 12.8. The Bertz CT molecular complexity index is 1600. The molecule has 0 fully saturated rings. The number of allylic oxidation sites excluding steroid dienone is 2. The summed E-state index contributed by atoms with van der Waals surface area (Å²) < 4.78 is 18.3. The number of H-pyrrole nitrogens is 1. The van der Waals surface area contributed by atoms with Gasteiger partial charge in [0.25, 0.3) is 5.95 Å². The molecule has 0 radical (unpaired) electrons. The fourth-order valence-electron chi connectivity index (χ4n) is 4.56. The van der Waals surface area contributed by atoms with Gasteiger partial charge in [0.05, 0.1) is 5.69 Å². The Morgan fingerprint density at radius 1 is 1.10 bits per heavy atom. The van der Waals surface area contributed by atoms with E-state index in [4.69, 9.17) is 19.2 Å². The third-order valence-corrected chi connectivity index (χ3v) is 6.48.